The summed E-state index contributed by atoms with van der Waals surface area (Å²) in [5.74, 6) is 0.240. The highest BCUT2D eigenvalue weighted by atomic mass is 16.3. The fourth-order valence-corrected chi connectivity index (χ4v) is 4.78. The molecule has 23 heavy (non-hydrogen) atoms. The lowest BCUT2D eigenvalue weighted by atomic mass is 9.88. The predicted octanol–water partition coefficient (Wildman–Crippen LogP) is 0.260. The van der Waals surface area contributed by atoms with E-state index >= 15 is 0 Å². The smallest absolute Gasteiger partial charge is 0.243 e. The Morgan fingerprint density at radius 3 is 2.57 bits per heavy atom. The lowest BCUT2D eigenvalue weighted by Crippen LogP contribution is -2.59. The van der Waals surface area contributed by atoms with E-state index in [-0.39, 0.29) is 11.4 Å². The Morgan fingerprint density at radius 2 is 1.87 bits per heavy atom. The molecule has 0 spiro atoms. The number of hydrogen-bond donors (Lipinski definition) is 1. The van der Waals surface area contributed by atoms with Gasteiger partial charge < -0.3 is 10.0 Å². The van der Waals surface area contributed by atoms with E-state index in [1.807, 2.05) is 4.90 Å². The van der Waals surface area contributed by atoms with Crippen molar-refractivity contribution in [1.29, 1.82) is 0 Å². The van der Waals surface area contributed by atoms with Crippen molar-refractivity contribution in [3.63, 3.8) is 0 Å². The van der Waals surface area contributed by atoms with E-state index in [1.165, 1.54) is 0 Å². The van der Waals surface area contributed by atoms with Crippen LogP contribution in [0.2, 0.25) is 0 Å². The first-order valence-electron chi connectivity index (χ1n) is 8.72. The van der Waals surface area contributed by atoms with Crippen LogP contribution in [0.3, 0.4) is 0 Å². The monoisotopic (exact) mass is 319 g/mol. The summed E-state index contributed by atoms with van der Waals surface area (Å²) in [6.45, 7) is 3.65. The molecule has 0 radical (unpaired) electrons. The van der Waals surface area contributed by atoms with Crippen LogP contribution in [0.5, 0.6) is 0 Å². The first-order chi connectivity index (χ1) is 11.1. The summed E-state index contributed by atoms with van der Waals surface area (Å²) in [5, 5.41) is 18.7. The van der Waals surface area contributed by atoms with Gasteiger partial charge >= 0.3 is 0 Å². The summed E-state index contributed by atoms with van der Waals surface area (Å²) in [7, 11) is 0. The fraction of sp³-hybridized carbons (Fsp3) is 0.812. The number of aliphatic hydroxyl groups is 1. The summed E-state index contributed by atoms with van der Waals surface area (Å²) in [4.78, 5) is 17.5. The maximum atomic E-state index is 13.2. The molecule has 1 aromatic rings. The van der Waals surface area contributed by atoms with Crippen LogP contribution >= 0.6 is 0 Å². The molecular formula is C16H25N5O2. The number of nitrogens with zero attached hydrogens (tertiary/aromatic N) is 5. The van der Waals surface area contributed by atoms with Crippen molar-refractivity contribution in [2.75, 3.05) is 26.2 Å². The molecule has 0 saturated carbocycles. The van der Waals surface area contributed by atoms with Crippen LogP contribution in [0.4, 0.5) is 0 Å². The van der Waals surface area contributed by atoms with Crippen molar-refractivity contribution < 1.29 is 9.90 Å². The highest BCUT2D eigenvalue weighted by Gasteiger charge is 2.52. The second-order valence-corrected chi connectivity index (χ2v) is 7.38. The van der Waals surface area contributed by atoms with Gasteiger partial charge in [-0.3, -0.25) is 9.69 Å². The van der Waals surface area contributed by atoms with Crippen molar-refractivity contribution in [3.8, 4) is 0 Å². The molecule has 1 unspecified atom stereocenters. The summed E-state index contributed by atoms with van der Waals surface area (Å²) in [6, 6.07) is 0. The van der Waals surface area contributed by atoms with Gasteiger partial charge in [-0.15, -0.1) is 5.10 Å². The molecular weight excluding hydrogens is 294 g/mol. The van der Waals surface area contributed by atoms with Gasteiger partial charge in [-0.1, -0.05) is 5.21 Å². The number of carbonyl (C=O) groups is 1. The third-order valence-electron chi connectivity index (χ3n) is 5.81. The first-order valence-corrected chi connectivity index (χ1v) is 8.72. The lowest BCUT2D eigenvalue weighted by Gasteiger charge is -2.43. The Morgan fingerprint density at radius 1 is 1.13 bits per heavy atom. The lowest BCUT2D eigenvalue weighted by molar-refractivity contribution is -0.149. The van der Waals surface area contributed by atoms with E-state index in [0.29, 0.717) is 19.5 Å². The third kappa shape index (κ3) is 2.55. The zero-order chi connectivity index (χ0) is 15.9. The maximum Gasteiger partial charge on any atom is 0.243 e. The van der Waals surface area contributed by atoms with E-state index < -0.39 is 5.60 Å². The zero-order valence-corrected chi connectivity index (χ0v) is 13.5. The highest BCUT2D eigenvalue weighted by Crippen LogP contribution is 2.41. The molecule has 3 aliphatic rings. The number of piperidine rings is 1. The number of amides is 1. The molecule has 3 fully saturated rings. The zero-order valence-electron chi connectivity index (χ0n) is 13.5. The normalized spacial score (nSPS) is 30.6. The van der Waals surface area contributed by atoms with E-state index in [0.717, 1.165) is 51.7 Å². The number of hydrogen-bond acceptors (Lipinski definition) is 5. The van der Waals surface area contributed by atoms with Crippen molar-refractivity contribution in [2.24, 2.45) is 0 Å². The van der Waals surface area contributed by atoms with Crippen LogP contribution in [0.15, 0.2) is 12.4 Å². The molecule has 1 atom stereocenters. The molecule has 7 heteroatoms. The van der Waals surface area contributed by atoms with Crippen molar-refractivity contribution in [1.82, 2.24) is 24.8 Å². The minimum absolute atomic E-state index is 0.240. The SMILES string of the molecule is O=C(N1CCCC(O)(Cn2ccnn2)C1)C12CCCN1CCC2. The number of likely N-dealkylation sites (tertiary alicyclic amines) is 1. The Bertz CT molecular complexity index is 565. The van der Waals surface area contributed by atoms with E-state index in [9.17, 15) is 9.90 Å². The molecule has 7 nitrogen and oxygen atoms in total. The van der Waals surface area contributed by atoms with Crippen LogP contribution in [-0.4, -0.2) is 73.1 Å². The van der Waals surface area contributed by atoms with Crippen molar-refractivity contribution >= 4 is 5.91 Å². The van der Waals surface area contributed by atoms with Crippen LogP contribution in [0.1, 0.15) is 38.5 Å². The Labute approximate surface area is 136 Å². The van der Waals surface area contributed by atoms with E-state index in [2.05, 4.69) is 15.2 Å². The summed E-state index contributed by atoms with van der Waals surface area (Å²) < 4.78 is 1.66. The molecule has 3 aliphatic heterocycles. The molecule has 0 bridgehead atoms. The van der Waals surface area contributed by atoms with Crippen LogP contribution in [0.25, 0.3) is 0 Å². The Kier molecular flexibility index (Phi) is 3.65. The van der Waals surface area contributed by atoms with Crippen LogP contribution < -0.4 is 0 Å². The molecule has 0 aliphatic carbocycles. The molecule has 126 valence electrons. The van der Waals surface area contributed by atoms with Gasteiger partial charge in [-0.2, -0.15) is 0 Å². The second kappa shape index (κ2) is 5.56. The quantitative estimate of drug-likeness (QED) is 0.865. The average molecular weight is 319 g/mol. The largest absolute Gasteiger partial charge is 0.386 e. The Hall–Kier alpha value is -1.47. The topological polar surface area (TPSA) is 74.5 Å². The molecule has 3 saturated heterocycles. The van der Waals surface area contributed by atoms with Gasteiger partial charge in [0.1, 0.15) is 11.1 Å². The van der Waals surface area contributed by atoms with Crippen molar-refractivity contribution in [2.45, 2.75) is 56.2 Å². The van der Waals surface area contributed by atoms with Crippen molar-refractivity contribution in [3.05, 3.63) is 12.4 Å². The van der Waals surface area contributed by atoms with Crippen LogP contribution in [0, 0.1) is 0 Å². The van der Waals surface area contributed by atoms with E-state index in [1.54, 1.807) is 17.1 Å². The number of β-amino-alcohol motifs (C(OH)–C–C–N with tert-alkyl or cyclic N) is 1. The molecule has 1 aromatic heterocycles. The van der Waals surface area contributed by atoms with Gasteiger partial charge in [0, 0.05) is 12.7 Å². The van der Waals surface area contributed by atoms with Gasteiger partial charge in [0.15, 0.2) is 0 Å². The number of carbonyl (C=O) groups excluding carboxylic acids is 1. The van der Waals surface area contributed by atoms with Gasteiger partial charge in [-0.05, 0) is 51.6 Å². The highest BCUT2D eigenvalue weighted by molar-refractivity contribution is 5.87. The fourth-order valence-electron chi connectivity index (χ4n) is 4.78. The van der Waals surface area contributed by atoms with Gasteiger partial charge in [0.05, 0.1) is 19.3 Å². The summed E-state index contributed by atoms with van der Waals surface area (Å²) in [5.41, 5.74) is -1.17. The third-order valence-corrected chi connectivity index (χ3v) is 5.81. The number of aromatic nitrogens is 3. The standard InChI is InChI=1S/C16H25N5O2/c22-14(16-5-2-9-20(16)10-3-6-16)19-8-1-4-15(23,12-19)13-21-11-7-17-18-21/h7,11,23H,1-6,8-10,12-13H2. The predicted molar refractivity (Wildman–Crippen MR) is 83.6 cm³/mol. The minimum Gasteiger partial charge on any atom is -0.386 e. The number of fused-ring (bicyclic) bond motifs is 1. The number of rotatable bonds is 3. The maximum absolute atomic E-state index is 13.2. The molecule has 4 rings (SSSR count). The second-order valence-electron chi connectivity index (χ2n) is 7.38. The summed E-state index contributed by atoms with van der Waals surface area (Å²) in [6.07, 6.45) is 9.09. The molecule has 4 heterocycles. The molecule has 1 N–H and O–H groups in total. The van der Waals surface area contributed by atoms with Gasteiger partial charge in [0.2, 0.25) is 5.91 Å². The minimum atomic E-state index is -0.902. The van der Waals surface area contributed by atoms with Crippen LogP contribution in [-0.2, 0) is 11.3 Å². The van der Waals surface area contributed by atoms with E-state index in [4.69, 9.17) is 0 Å². The molecule has 1 amide bonds. The van der Waals surface area contributed by atoms with Gasteiger partial charge in [0.25, 0.3) is 0 Å². The molecule has 0 aromatic carbocycles. The Balaban J connectivity index is 1.49. The van der Waals surface area contributed by atoms with Gasteiger partial charge in [-0.25, -0.2) is 4.68 Å². The first kappa shape index (κ1) is 15.1. The average Bonchev–Trinajstić information content (AvgIpc) is 3.22. The summed E-state index contributed by atoms with van der Waals surface area (Å²) >= 11 is 0.